The molecule has 0 bridgehead atoms. The summed E-state index contributed by atoms with van der Waals surface area (Å²) in [7, 11) is 3.15. The molecule has 0 aliphatic rings. The Morgan fingerprint density at radius 2 is 1.59 bits per heavy atom. The van der Waals surface area contributed by atoms with E-state index in [1.165, 1.54) is 0 Å². The van der Waals surface area contributed by atoms with Gasteiger partial charge >= 0.3 is 6.09 Å². The third-order valence-corrected chi connectivity index (χ3v) is 4.58. The molecule has 0 aliphatic heterocycles. The third-order valence-electron chi connectivity index (χ3n) is 4.58. The minimum Gasteiger partial charge on any atom is -0.493 e. The summed E-state index contributed by atoms with van der Waals surface area (Å²) in [6.45, 7) is 5.34. The van der Waals surface area contributed by atoms with Crippen LogP contribution in [0.1, 0.15) is 38.3 Å². The highest BCUT2D eigenvalue weighted by Gasteiger charge is 2.16. The number of anilines is 1. The largest absolute Gasteiger partial charge is 0.493 e. The molecular formula is C25H33N3O6. The summed E-state index contributed by atoms with van der Waals surface area (Å²) < 4.78 is 15.6. The summed E-state index contributed by atoms with van der Waals surface area (Å²) in [6.07, 6.45) is 0.224. The molecule has 0 spiro atoms. The van der Waals surface area contributed by atoms with Crippen LogP contribution in [-0.2, 0) is 27.3 Å². The SMILES string of the molecule is COc1ccc(CCC(=O)NCc2cccc(NC(=O)CNC(=O)OC(C)(C)C)c2)cc1OC. The molecule has 2 aromatic carbocycles. The van der Waals surface area contributed by atoms with E-state index in [0.717, 1.165) is 11.1 Å². The van der Waals surface area contributed by atoms with E-state index < -0.39 is 11.7 Å². The average molecular weight is 472 g/mol. The number of benzene rings is 2. The predicted molar refractivity (Wildman–Crippen MR) is 129 cm³/mol. The molecule has 184 valence electrons. The van der Waals surface area contributed by atoms with Gasteiger partial charge in [0, 0.05) is 18.7 Å². The number of carbonyl (C=O) groups excluding carboxylic acids is 3. The van der Waals surface area contributed by atoms with Gasteiger partial charge in [-0.05, 0) is 62.6 Å². The van der Waals surface area contributed by atoms with Crippen molar-refractivity contribution in [3.8, 4) is 11.5 Å². The fourth-order valence-corrected chi connectivity index (χ4v) is 3.01. The van der Waals surface area contributed by atoms with Gasteiger partial charge in [0.15, 0.2) is 11.5 Å². The van der Waals surface area contributed by atoms with Crippen molar-refractivity contribution in [1.82, 2.24) is 10.6 Å². The van der Waals surface area contributed by atoms with Gasteiger partial charge in [0.1, 0.15) is 12.1 Å². The second kappa shape index (κ2) is 12.5. The number of amides is 3. The van der Waals surface area contributed by atoms with Gasteiger partial charge in [-0.2, -0.15) is 0 Å². The number of rotatable bonds is 10. The molecule has 0 aliphatic carbocycles. The molecule has 0 heterocycles. The average Bonchev–Trinajstić information content (AvgIpc) is 2.79. The monoisotopic (exact) mass is 471 g/mol. The van der Waals surface area contributed by atoms with Gasteiger partial charge in [-0.3, -0.25) is 9.59 Å². The molecule has 34 heavy (non-hydrogen) atoms. The lowest BCUT2D eigenvalue weighted by molar-refractivity contribution is -0.121. The lowest BCUT2D eigenvalue weighted by Crippen LogP contribution is -2.37. The predicted octanol–water partition coefficient (Wildman–Crippen LogP) is 3.42. The van der Waals surface area contributed by atoms with Gasteiger partial charge in [0.25, 0.3) is 0 Å². The molecule has 0 saturated heterocycles. The van der Waals surface area contributed by atoms with Crippen LogP contribution in [0, 0.1) is 0 Å². The van der Waals surface area contributed by atoms with Crippen LogP contribution in [0.2, 0.25) is 0 Å². The molecule has 2 aromatic rings. The van der Waals surface area contributed by atoms with Gasteiger partial charge in [-0.25, -0.2) is 4.79 Å². The quantitative estimate of drug-likeness (QED) is 0.489. The molecule has 2 rings (SSSR count). The summed E-state index contributed by atoms with van der Waals surface area (Å²) in [5, 5.41) is 8.00. The van der Waals surface area contributed by atoms with E-state index in [4.69, 9.17) is 14.2 Å². The summed E-state index contributed by atoms with van der Waals surface area (Å²) in [4.78, 5) is 36.0. The van der Waals surface area contributed by atoms with Crippen molar-refractivity contribution in [1.29, 1.82) is 0 Å². The first-order chi connectivity index (χ1) is 16.1. The van der Waals surface area contributed by atoms with Crippen molar-refractivity contribution in [2.45, 2.75) is 45.8 Å². The number of methoxy groups -OCH3 is 2. The molecule has 0 aromatic heterocycles. The molecule has 3 N–H and O–H groups in total. The standard InChI is InChI=1S/C25H33N3O6/c1-25(2,3)34-24(31)27-16-23(30)28-19-8-6-7-18(13-19)15-26-22(29)12-10-17-9-11-20(32-4)21(14-17)33-5/h6-9,11,13-14H,10,12,15-16H2,1-5H3,(H,26,29)(H,27,31)(H,28,30). The summed E-state index contributed by atoms with van der Waals surface area (Å²) >= 11 is 0. The number of aryl methyl sites for hydroxylation is 1. The van der Waals surface area contributed by atoms with Crippen molar-refractivity contribution < 1.29 is 28.6 Å². The maximum Gasteiger partial charge on any atom is 0.408 e. The third kappa shape index (κ3) is 9.40. The van der Waals surface area contributed by atoms with Crippen molar-refractivity contribution >= 4 is 23.6 Å². The van der Waals surface area contributed by atoms with Gasteiger partial charge in [-0.1, -0.05) is 18.2 Å². The minimum absolute atomic E-state index is 0.0919. The van der Waals surface area contributed by atoms with Gasteiger partial charge in [-0.15, -0.1) is 0 Å². The smallest absolute Gasteiger partial charge is 0.408 e. The highest BCUT2D eigenvalue weighted by molar-refractivity contribution is 5.93. The van der Waals surface area contributed by atoms with Crippen LogP contribution < -0.4 is 25.4 Å². The van der Waals surface area contributed by atoms with Crippen LogP contribution in [0.15, 0.2) is 42.5 Å². The van der Waals surface area contributed by atoms with E-state index in [1.807, 2.05) is 24.3 Å². The molecule has 0 fully saturated rings. The number of hydrogen-bond donors (Lipinski definition) is 3. The van der Waals surface area contributed by atoms with E-state index in [1.54, 1.807) is 53.2 Å². The Morgan fingerprint density at radius 1 is 0.853 bits per heavy atom. The summed E-state index contributed by atoms with van der Waals surface area (Å²) in [6, 6.07) is 12.7. The van der Waals surface area contributed by atoms with Crippen molar-refractivity contribution in [3.05, 3.63) is 53.6 Å². The van der Waals surface area contributed by atoms with Gasteiger partial charge < -0.3 is 30.2 Å². The van der Waals surface area contributed by atoms with Crippen LogP contribution in [0.25, 0.3) is 0 Å². The summed E-state index contributed by atoms with van der Waals surface area (Å²) in [5.41, 5.74) is 1.73. The number of nitrogens with one attached hydrogen (secondary N) is 3. The molecule has 0 atom stereocenters. The molecule has 0 radical (unpaired) electrons. The van der Waals surface area contributed by atoms with E-state index in [-0.39, 0.29) is 18.4 Å². The Labute approximate surface area is 200 Å². The molecule has 9 heteroatoms. The number of alkyl carbamates (subject to hydrolysis) is 1. The zero-order chi connectivity index (χ0) is 25.1. The number of ether oxygens (including phenoxy) is 3. The van der Waals surface area contributed by atoms with Gasteiger partial charge in [0.05, 0.1) is 14.2 Å². The Kier molecular flexibility index (Phi) is 9.73. The molecule has 3 amide bonds. The molecule has 0 saturated carbocycles. The Morgan fingerprint density at radius 3 is 2.26 bits per heavy atom. The zero-order valence-electron chi connectivity index (χ0n) is 20.3. The maximum atomic E-state index is 12.3. The highest BCUT2D eigenvalue weighted by atomic mass is 16.6. The van der Waals surface area contributed by atoms with E-state index in [2.05, 4.69) is 16.0 Å². The van der Waals surface area contributed by atoms with E-state index >= 15 is 0 Å². The van der Waals surface area contributed by atoms with Crippen LogP contribution in [-0.4, -0.2) is 44.3 Å². The Bertz CT molecular complexity index is 1000. The van der Waals surface area contributed by atoms with E-state index in [0.29, 0.717) is 36.6 Å². The Balaban J connectivity index is 1.79. The second-order valence-corrected chi connectivity index (χ2v) is 8.57. The first-order valence-corrected chi connectivity index (χ1v) is 10.9. The van der Waals surface area contributed by atoms with E-state index in [9.17, 15) is 14.4 Å². The second-order valence-electron chi connectivity index (χ2n) is 8.57. The fraction of sp³-hybridized carbons (Fsp3) is 0.400. The van der Waals surface area contributed by atoms with Gasteiger partial charge in [0.2, 0.25) is 11.8 Å². The fourth-order valence-electron chi connectivity index (χ4n) is 3.01. The highest BCUT2D eigenvalue weighted by Crippen LogP contribution is 2.27. The lowest BCUT2D eigenvalue weighted by Gasteiger charge is -2.19. The van der Waals surface area contributed by atoms with Crippen molar-refractivity contribution in [3.63, 3.8) is 0 Å². The minimum atomic E-state index is -0.660. The first kappa shape index (κ1) is 26.5. The number of hydrogen-bond acceptors (Lipinski definition) is 6. The molecule has 9 nitrogen and oxygen atoms in total. The maximum absolute atomic E-state index is 12.3. The van der Waals surface area contributed by atoms with Crippen LogP contribution >= 0.6 is 0 Å². The lowest BCUT2D eigenvalue weighted by atomic mass is 10.1. The van der Waals surface area contributed by atoms with Crippen molar-refractivity contribution in [2.75, 3.05) is 26.1 Å². The zero-order valence-corrected chi connectivity index (χ0v) is 20.3. The normalized spacial score (nSPS) is 10.7. The van der Waals surface area contributed by atoms with Crippen LogP contribution in [0.4, 0.5) is 10.5 Å². The van der Waals surface area contributed by atoms with Crippen molar-refractivity contribution in [2.24, 2.45) is 0 Å². The summed E-state index contributed by atoms with van der Waals surface area (Å²) in [5.74, 6) is 0.789. The molecule has 0 unspecified atom stereocenters. The topological polar surface area (TPSA) is 115 Å². The molecular weight excluding hydrogens is 438 g/mol. The Hall–Kier alpha value is -3.75. The van der Waals surface area contributed by atoms with Crippen LogP contribution in [0.3, 0.4) is 0 Å². The van der Waals surface area contributed by atoms with Crippen LogP contribution in [0.5, 0.6) is 11.5 Å². The first-order valence-electron chi connectivity index (χ1n) is 10.9. The number of carbonyl (C=O) groups is 3.